The van der Waals surface area contributed by atoms with Crippen molar-refractivity contribution in [2.45, 2.75) is 19.5 Å². The van der Waals surface area contributed by atoms with Gasteiger partial charge in [-0.2, -0.15) is 13.2 Å². The number of carbonyl (C=O) groups is 1. The van der Waals surface area contributed by atoms with E-state index in [-0.39, 0.29) is 12.3 Å². The van der Waals surface area contributed by atoms with Crippen molar-refractivity contribution in [3.8, 4) is 0 Å². The van der Waals surface area contributed by atoms with Gasteiger partial charge in [0.2, 0.25) is 0 Å². The van der Waals surface area contributed by atoms with Gasteiger partial charge in [0.25, 0.3) is 5.91 Å². The summed E-state index contributed by atoms with van der Waals surface area (Å²) < 4.78 is 42.7. The second-order valence-corrected chi connectivity index (χ2v) is 5.25. The van der Waals surface area contributed by atoms with Gasteiger partial charge in [-0.15, -0.1) is 0 Å². The van der Waals surface area contributed by atoms with Crippen molar-refractivity contribution in [3.63, 3.8) is 0 Å². The van der Waals surface area contributed by atoms with E-state index in [2.05, 4.69) is 0 Å². The molecule has 0 aromatic heterocycles. The molecule has 0 bridgehead atoms. The van der Waals surface area contributed by atoms with Crippen LogP contribution in [-0.4, -0.2) is 43.3 Å². The van der Waals surface area contributed by atoms with Gasteiger partial charge in [-0.25, -0.2) is 0 Å². The lowest BCUT2D eigenvalue weighted by molar-refractivity contribution is -0.169. The number of benzene rings is 1. The Morgan fingerprint density at radius 2 is 1.81 bits per heavy atom. The van der Waals surface area contributed by atoms with Crippen LogP contribution in [-0.2, 0) is 11.2 Å². The molecule has 1 heterocycles. The quantitative estimate of drug-likeness (QED) is 0.859. The summed E-state index contributed by atoms with van der Waals surface area (Å²) in [5, 5.41) is 0. The molecule has 6 heteroatoms. The molecule has 1 aromatic rings. The molecular weight excluding hydrogens is 283 g/mol. The van der Waals surface area contributed by atoms with E-state index in [1.165, 1.54) is 0 Å². The van der Waals surface area contributed by atoms with Crippen molar-refractivity contribution < 1.29 is 22.7 Å². The van der Waals surface area contributed by atoms with Crippen LogP contribution in [0, 0.1) is 5.92 Å². The Morgan fingerprint density at radius 1 is 1.24 bits per heavy atom. The lowest BCUT2D eigenvalue weighted by Gasteiger charge is -2.27. The highest BCUT2D eigenvalue weighted by Gasteiger charge is 2.35. The molecule has 0 saturated carbocycles. The molecule has 2 rings (SSSR count). The molecule has 21 heavy (non-hydrogen) atoms. The Morgan fingerprint density at radius 3 is 2.33 bits per heavy atom. The van der Waals surface area contributed by atoms with Crippen molar-refractivity contribution in [3.05, 3.63) is 35.4 Å². The molecule has 1 aliphatic rings. The van der Waals surface area contributed by atoms with Crippen LogP contribution in [0.1, 0.15) is 22.8 Å². The molecule has 1 atom stereocenters. The molecule has 1 aromatic carbocycles. The fourth-order valence-corrected chi connectivity index (χ4v) is 2.20. The maximum atomic E-state index is 12.5. The number of alkyl halides is 3. The van der Waals surface area contributed by atoms with Crippen LogP contribution in [0.15, 0.2) is 24.3 Å². The largest absolute Gasteiger partial charge is 0.391 e. The minimum atomic E-state index is -4.19. The Balaban J connectivity index is 2.00. The predicted octanol–water partition coefficient (Wildman–Crippen LogP) is 2.90. The smallest absolute Gasteiger partial charge is 0.378 e. The van der Waals surface area contributed by atoms with Crippen molar-refractivity contribution in [1.82, 2.24) is 4.90 Å². The minimum absolute atomic E-state index is 0.0739. The van der Waals surface area contributed by atoms with E-state index < -0.39 is 12.1 Å². The summed E-state index contributed by atoms with van der Waals surface area (Å²) >= 11 is 0. The number of carbonyl (C=O) groups excluding carboxylic acids is 1. The average molecular weight is 301 g/mol. The summed E-state index contributed by atoms with van der Waals surface area (Å²) in [4.78, 5) is 13.9. The second kappa shape index (κ2) is 6.47. The van der Waals surface area contributed by atoms with E-state index in [1.807, 2.05) is 0 Å². The standard InChI is InChI=1S/C15H18F3NO2/c1-11(15(16,17)18)10-12-2-4-13(5-3-12)14(20)19-6-8-21-9-7-19/h2-5,11H,6-10H2,1H3. The zero-order valence-electron chi connectivity index (χ0n) is 11.8. The van der Waals surface area contributed by atoms with Gasteiger partial charge in [0.1, 0.15) is 0 Å². The molecular formula is C15H18F3NO2. The van der Waals surface area contributed by atoms with Gasteiger partial charge in [0.15, 0.2) is 0 Å². The van der Waals surface area contributed by atoms with Gasteiger partial charge in [-0.1, -0.05) is 19.1 Å². The highest BCUT2D eigenvalue weighted by Crippen LogP contribution is 2.28. The van der Waals surface area contributed by atoms with Gasteiger partial charge in [-0.05, 0) is 24.1 Å². The van der Waals surface area contributed by atoms with Crippen LogP contribution < -0.4 is 0 Å². The van der Waals surface area contributed by atoms with Gasteiger partial charge < -0.3 is 9.64 Å². The van der Waals surface area contributed by atoms with Crippen LogP contribution in [0.25, 0.3) is 0 Å². The fraction of sp³-hybridized carbons (Fsp3) is 0.533. The molecule has 1 saturated heterocycles. The summed E-state index contributed by atoms with van der Waals surface area (Å²) in [6.07, 6.45) is -4.27. The van der Waals surface area contributed by atoms with E-state index in [0.29, 0.717) is 37.4 Å². The van der Waals surface area contributed by atoms with Gasteiger partial charge in [-0.3, -0.25) is 4.79 Å². The van der Waals surface area contributed by atoms with Crippen molar-refractivity contribution in [1.29, 1.82) is 0 Å². The number of hydrogen-bond donors (Lipinski definition) is 0. The first-order valence-electron chi connectivity index (χ1n) is 6.90. The average Bonchev–Trinajstić information content (AvgIpc) is 2.47. The number of halogens is 3. The third kappa shape index (κ3) is 4.20. The third-order valence-corrected chi connectivity index (χ3v) is 3.60. The van der Waals surface area contributed by atoms with Gasteiger partial charge >= 0.3 is 6.18 Å². The Kier molecular flexibility index (Phi) is 4.88. The Hall–Kier alpha value is -1.56. The fourth-order valence-electron chi connectivity index (χ4n) is 2.20. The number of ether oxygens (including phenoxy) is 1. The molecule has 0 radical (unpaired) electrons. The summed E-state index contributed by atoms with van der Waals surface area (Å²) in [5.74, 6) is -1.49. The van der Waals surface area contributed by atoms with Crippen molar-refractivity contribution >= 4 is 5.91 Å². The van der Waals surface area contributed by atoms with Gasteiger partial charge in [0, 0.05) is 18.7 Å². The lowest BCUT2D eigenvalue weighted by atomic mass is 9.99. The van der Waals surface area contributed by atoms with Crippen LogP contribution in [0.3, 0.4) is 0 Å². The first-order valence-corrected chi connectivity index (χ1v) is 6.90. The molecule has 0 aliphatic carbocycles. The summed E-state index contributed by atoms with van der Waals surface area (Å²) in [6.45, 7) is 3.30. The molecule has 0 N–H and O–H groups in total. The molecule has 1 amide bonds. The molecule has 1 fully saturated rings. The Bertz CT molecular complexity index is 479. The number of hydrogen-bond acceptors (Lipinski definition) is 2. The van der Waals surface area contributed by atoms with E-state index in [0.717, 1.165) is 6.92 Å². The molecule has 1 unspecified atom stereocenters. The maximum Gasteiger partial charge on any atom is 0.391 e. The van der Waals surface area contributed by atoms with Crippen LogP contribution in [0.2, 0.25) is 0 Å². The first kappa shape index (κ1) is 15.8. The van der Waals surface area contributed by atoms with Crippen molar-refractivity contribution in [2.24, 2.45) is 5.92 Å². The Labute approximate surface area is 121 Å². The molecule has 3 nitrogen and oxygen atoms in total. The van der Waals surface area contributed by atoms with E-state index in [1.54, 1.807) is 29.2 Å². The molecule has 1 aliphatic heterocycles. The topological polar surface area (TPSA) is 29.5 Å². The van der Waals surface area contributed by atoms with Crippen LogP contribution >= 0.6 is 0 Å². The summed E-state index contributed by atoms with van der Waals surface area (Å²) in [6, 6.07) is 6.37. The normalized spacial score (nSPS) is 17.6. The summed E-state index contributed by atoms with van der Waals surface area (Å²) in [5.41, 5.74) is 1.08. The molecule has 116 valence electrons. The summed E-state index contributed by atoms with van der Waals surface area (Å²) in [7, 11) is 0. The first-order chi connectivity index (χ1) is 9.88. The predicted molar refractivity (Wildman–Crippen MR) is 72.1 cm³/mol. The number of nitrogens with zero attached hydrogens (tertiary/aromatic N) is 1. The van der Waals surface area contributed by atoms with E-state index in [9.17, 15) is 18.0 Å². The van der Waals surface area contributed by atoms with Crippen LogP contribution in [0.5, 0.6) is 0 Å². The highest BCUT2D eigenvalue weighted by atomic mass is 19.4. The number of amides is 1. The number of morpholine rings is 1. The van der Waals surface area contributed by atoms with Crippen LogP contribution in [0.4, 0.5) is 13.2 Å². The molecule has 0 spiro atoms. The zero-order chi connectivity index (χ0) is 15.5. The van der Waals surface area contributed by atoms with E-state index in [4.69, 9.17) is 4.74 Å². The highest BCUT2D eigenvalue weighted by molar-refractivity contribution is 5.94. The monoisotopic (exact) mass is 301 g/mol. The number of rotatable bonds is 3. The van der Waals surface area contributed by atoms with Gasteiger partial charge in [0.05, 0.1) is 19.1 Å². The SMILES string of the molecule is CC(Cc1ccc(C(=O)N2CCOCC2)cc1)C(F)(F)F. The van der Waals surface area contributed by atoms with Crippen molar-refractivity contribution in [2.75, 3.05) is 26.3 Å². The third-order valence-electron chi connectivity index (χ3n) is 3.60. The van der Waals surface area contributed by atoms with E-state index >= 15 is 0 Å². The maximum absolute atomic E-state index is 12.5. The lowest BCUT2D eigenvalue weighted by Crippen LogP contribution is -2.40. The zero-order valence-corrected chi connectivity index (χ0v) is 11.8. The minimum Gasteiger partial charge on any atom is -0.378 e. The second-order valence-electron chi connectivity index (χ2n) is 5.25.